The van der Waals surface area contributed by atoms with E-state index in [2.05, 4.69) is 0 Å². The van der Waals surface area contributed by atoms with Crippen molar-refractivity contribution in [1.29, 1.82) is 0 Å². The fraction of sp³-hybridized carbons (Fsp3) is 0.273. The van der Waals surface area contributed by atoms with Crippen molar-refractivity contribution in [3.8, 4) is 11.5 Å². The van der Waals surface area contributed by atoms with Gasteiger partial charge in [-0.25, -0.2) is 4.39 Å². The highest BCUT2D eigenvalue weighted by Gasteiger charge is 2.16. The van der Waals surface area contributed by atoms with Crippen LogP contribution in [0.5, 0.6) is 11.5 Å². The molecule has 1 aromatic heterocycles. The zero-order valence-electron chi connectivity index (χ0n) is 15.8. The maximum absolute atomic E-state index is 13.5. The fourth-order valence-electron chi connectivity index (χ4n) is 2.98. The van der Waals surface area contributed by atoms with Crippen LogP contribution in [0.4, 0.5) is 4.39 Å². The summed E-state index contributed by atoms with van der Waals surface area (Å²) < 4.78 is 29.9. The summed E-state index contributed by atoms with van der Waals surface area (Å²) in [6, 6.07) is 17.4. The van der Waals surface area contributed by atoms with Gasteiger partial charge >= 0.3 is 0 Å². The normalized spacial score (nSPS) is 12.1. The lowest BCUT2D eigenvalue weighted by Crippen LogP contribution is -2.35. The number of furan rings is 1. The van der Waals surface area contributed by atoms with Crippen molar-refractivity contribution in [2.45, 2.75) is 19.2 Å². The highest BCUT2D eigenvalue weighted by molar-refractivity contribution is 5.39. The number of methoxy groups -OCH3 is 1. The van der Waals surface area contributed by atoms with E-state index >= 15 is 0 Å². The molecule has 148 valence electrons. The van der Waals surface area contributed by atoms with E-state index in [0.717, 1.165) is 11.3 Å². The molecule has 0 saturated heterocycles. The van der Waals surface area contributed by atoms with Gasteiger partial charge in [0.05, 0.1) is 19.9 Å². The first-order valence-electron chi connectivity index (χ1n) is 9.07. The van der Waals surface area contributed by atoms with Crippen molar-refractivity contribution in [3.05, 3.63) is 84.1 Å². The largest absolute Gasteiger partial charge is 0.493 e. The lowest BCUT2D eigenvalue weighted by atomic mass is 10.2. The first kappa shape index (κ1) is 19.9. The minimum Gasteiger partial charge on any atom is -0.493 e. The van der Waals surface area contributed by atoms with Crippen LogP contribution < -0.4 is 9.47 Å². The van der Waals surface area contributed by atoms with E-state index < -0.39 is 6.10 Å². The van der Waals surface area contributed by atoms with Crippen LogP contribution in [0.3, 0.4) is 0 Å². The molecule has 0 aliphatic carbocycles. The van der Waals surface area contributed by atoms with Gasteiger partial charge in [-0.2, -0.15) is 0 Å². The second kappa shape index (κ2) is 9.92. The Kier molecular flexibility index (Phi) is 7.06. The Balaban J connectivity index is 1.62. The third-order valence-electron chi connectivity index (χ3n) is 4.22. The molecule has 1 heterocycles. The number of hydrogen-bond acceptors (Lipinski definition) is 5. The quantitative estimate of drug-likeness (QED) is 0.574. The molecule has 0 radical (unpaired) electrons. The van der Waals surface area contributed by atoms with Crippen LogP contribution in [0.15, 0.2) is 71.3 Å². The molecule has 0 unspecified atom stereocenters. The number of aliphatic hydroxyl groups excluding tert-OH is 1. The molecule has 6 heteroatoms. The van der Waals surface area contributed by atoms with Gasteiger partial charge in [-0.05, 0) is 42.0 Å². The number of halogens is 1. The molecule has 5 nitrogen and oxygen atoms in total. The van der Waals surface area contributed by atoms with Crippen LogP contribution in [0, 0.1) is 5.82 Å². The fourth-order valence-corrected chi connectivity index (χ4v) is 2.98. The van der Waals surface area contributed by atoms with Gasteiger partial charge in [0.15, 0.2) is 11.5 Å². The van der Waals surface area contributed by atoms with Crippen molar-refractivity contribution in [2.24, 2.45) is 0 Å². The van der Waals surface area contributed by atoms with Gasteiger partial charge < -0.3 is 19.0 Å². The first-order valence-corrected chi connectivity index (χ1v) is 9.07. The van der Waals surface area contributed by atoms with Crippen LogP contribution in [0.25, 0.3) is 0 Å². The summed E-state index contributed by atoms with van der Waals surface area (Å²) in [5.74, 6) is 1.68. The molecule has 1 N–H and O–H groups in total. The molecular weight excluding hydrogens is 361 g/mol. The topological polar surface area (TPSA) is 55.1 Å². The molecule has 0 amide bonds. The van der Waals surface area contributed by atoms with Crippen LogP contribution >= 0.6 is 0 Å². The van der Waals surface area contributed by atoms with Gasteiger partial charge in [-0.1, -0.05) is 24.3 Å². The Morgan fingerprint density at radius 3 is 2.57 bits per heavy atom. The number of benzene rings is 2. The number of ether oxygens (including phenoxy) is 2. The van der Waals surface area contributed by atoms with Crippen molar-refractivity contribution in [1.82, 2.24) is 4.90 Å². The summed E-state index contributed by atoms with van der Waals surface area (Å²) in [5, 5.41) is 10.5. The average molecular weight is 385 g/mol. The Morgan fingerprint density at radius 2 is 1.86 bits per heavy atom. The Hall–Kier alpha value is -2.83. The molecule has 0 spiro atoms. The van der Waals surface area contributed by atoms with Crippen LogP contribution in [-0.2, 0) is 13.1 Å². The lowest BCUT2D eigenvalue weighted by molar-refractivity contribution is 0.0595. The monoisotopic (exact) mass is 385 g/mol. The molecule has 0 bridgehead atoms. The van der Waals surface area contributed by atoms with E-state index in [9.17, 15) is 9.50 Å². The summed E-state index contributed by atoms with van der Waals surface area (Å²) in [4.78, 5) is 1.99. The van der Waals surface area contributed by atoms with Crippen LogP contribution in [-0.4, -0.2) is 36.4 Å². The maximum Gasteiger partial charge on any atom is 0.161 e. The average Bonchev–Trinajstić information content (AvgIpc) is 3.19. The molecule has 3 rings (SSSR count). The third-order valence-corrected chi connectivity index (χ3v) is 4.22. The zero-order chi connectivity index (χ0) is 19.8. The van der Waals surface area contributed by atoms with Gasteiger partial charge in [0.25, 0.3) is 0 Å². The second-order valence-corrected chi connectivity index (χ2v) is 6.49. The zero-order valence-corrected chi connectivity index (χ0v) is 15.8. The summed E-state index contributed by atoms with van der Waals surface area (Å²) >= 11 is 0. The second-order valence-electron chi connectivity index (χ2n) is 6.49. The molecular formula is C22H24FNO4. The van der Waals surface area contributed by atoms with Gasteiger partial charge in [0.1, 0.15) is 24.3 Å². The molecule has 0 aliphatic rings. The minimum absolute atomic E-state index is 0.109. The molecule has 3 aromatic rings. The van der Waals surface area contributed by atoms with Crippen molar-refractivity contribution < 1.29 is 23.4 Å². The van der Waals surface area contributed by atoms with Crippen molar-refractivity contribution in [3.63, 3.8) is 0 Å². The summed E-state index contributed by atoms with van der Waals surface area (Å²) in [6.07, 6.45) is 0.866. The third kappa shape index (κ3) is 5.84. The molecule has 28 heavy (non-hydrogen) atoms. The summed E-state index contributed by atoms with van der Waals surface area (Å²) in [7, 11) is 1.57. The summed E-state index contributed by atoms with van der Waals surface area (Å²) in [6.45, 7) is 1.42. The van der Waals surface area contributed by atoms with E-state index in [-0.39, 0.29) is 12.4 Å². The first-order chi connectivity index (χ1) is 13.6. The van der Waals surface area contributed by atoms with Gasteiger partial charge in [-0.15, -0.1) is 0 Å². The smallest absolute Gasteiger partial charge is 0.161 e. The SMILES string of the molecule is COc1ccccc1OC[C@@H](O)CN(Cc1cccc(F)c1)Cc1ccco1. The van der Waals surface area contributed by atoms with Gasteiger partial charge in [-0.3, -0.25) is 4.90 Å². The lowest BCUT2D eigenvalue weighted by Gasteiger charge is -2.24. The number of nitrogens with zero attached hydrogens (tertiary/aromatic N) is 1. The summed E-state index contributed by atoms with van der Waals surface area (Å²) in [5.41, 5.74) is 0.824. The van der Waals surface area contributed by atoms with Crippen LogP contribution in [0.2, 0.25) is 0 Å². The van der Waals surface area contributed by atoms with E-state index in [1.54, 1.807) is 31.6 Å². The Bertz CT molecular complexity index is 853. The Labute approximate surface area is 163 Å². The number of hydrogen-bond donors (Lipinski definition) is 1. The highest BCUT2D eigenvalue weighted by Crippen LogP contribution is 2.25. The van der Waals surface area contributed by atoms with Gasteiger partial charge in [0, 0.05) is 13.1 Å². The molecule has 0 aliphatic heterocycles. The predicted molar refractivity (Wildman–Crippen MR) is 104 cm³/mol. The number of aliphatic hydroxyl groups is 1. The molecule has 2 aromatic carbocycles. The van der Waals surface area contributed by atoms with E-state index in [1.165, 1.54) is 12.1 Å². The van der Waals surface area contributed by atoms with Crippen molar-refractivity contribution >= 4 is 0 Å². The molecule has 0 fully saturated rings. The molecule has 0 saturated carbocycles. The van der Waals surface area contributed by atoms with Crippen molar-refractivity contribution in [2.75, 3.05) is 20.3 Å². The standard InChI is InChI=1S/C22H24FNO4/c1-26-21-9-2-3-10-22(21)28-16-19(25)14-24(15-20-8-5-11-27-20)13-17-6-4-7-18(23)12-17/h2-12,19,25H,13-16H2,1H3/t19-/m0/s1. The highest BCUT2D eigenvalue weighted by atomic mass is 19.1. The Morgan fingerprint density at radius 1 is 1.04 bits per heavy atom. The maximum atomic E-state index is 13.5. The van der Waals surface area contributed by atoms with Crippen LogP contribution in [0.1, 0.15) is 11.3 Å². The minimum atomic E-state index is -0.742. The number of para-hydroxylation sites is 2. The molecule has 1 atom stereocenters. The number of rotatable bonds is 10. The van der Waals surface area contributed by atoms with E-state index in [0.29, 0.717) is 31.1 Å². The van der Waals surface area contributed by atoms with Gasteiger partial charge in [0.2, 0.25) is 0 Å². The van der Waals surface area contributed by atoms with E-state index in [4.69, 9.17) is 13.9 Å². The van der Waals surface area contributed by atoms with E-state index in [1.807, 2.05) is 35.2 Å². The predicted octanol–water partition coefficient (Wildman–Crippen LogP) is 3.87.